The van der Waals surface area contributed by atoms with Gasteiger partial charge in [0.25, 0.3) is 0 Å². The first kappa shape index (κ1) is 16.9. The third-order valence-corrected chi connectivity index (χ3v) is 2.73. The summed E-state index contributed by atoms with van der Waals surface area (Å²) < 4.78 is 24.3. The molecule has 0 aliphatic carbocycles. The molecule has 0 saturated carbocycles. The predicted molar refractivity (Wildman–Crippen MR) is 50.1 cm³/mol. The van der Waals surface area contributed by atoms with Crippen molar-refractivity contribution < 1.29 is 48.8 Å². The normalized spacial score (nSPS) is 20.6. The van der Waals surface area contributed by atoms with E-state index in [1.807, 2.05) is 0 Å². The van der Waals surface area contributed by atoms with Crippen LogP contribution < -0.4 is 0 Å². The van der Waals surface area contributed by atoms with Crippen LogP contribution >= 0.6 is 7.82 Å². The summed E-state index contributed by atoms with van der Waals surface area (Å²) in [5.74, 6) is 0. The van der Waals surface area contributed by atoms with Gasteiger partial charge in [-0.25, -0.2) is 4.57 Å². The highest BCUT2D eigenvalue weighted by molar-refractivity contribution is 7.48. The minimum Gasteiger partial charge on any atom is -0.391 e. The summed E-state index contributed by atoms with van der Waals surface area (Å²) in [6.07, 6.45) is -5.88. The second-order valence-electron chi connectivity index (χ2n) is 2.68. The molecule has 0 amide bonds. The Labute approximate surface area is 96.2 Å². The van der Waals surface area contributed by atoms with Gasteiger partial charge in [-0.15, -0.1) is 0 Å². The fourth-order valence-corrected chi connectivity index (χ4v) is 1.86. The molecule has 0 aromatic carbocycles. The average molecular weight is 278 g/mol. The number of phosphoric acid groups is 1. The lowest BCUT2D eigenvalue weighted by atomic mass is 10.7. The van der Waals surface area contributed by atoms with Crippen LogP contribution in [0.5, 0.6) is 0 Å². The molecule has 0 radical (unpaired) electrons. The molecular weight excluding hydrogens is 263 g/mol. The molecule has 0 fully saturated rings. The molecule has 104 valence electrons. The summed E-state index contributed by atoms with van der Waals surface area (Å²) >= 11 is 0. The van der Waals surface area contributed by atoms with E-state index in [1.54, 1.807) is 0 Å². The quantitative estimate of drug-likeness (QED) is 0.190. The van der Waals surface area contributed by atoms with E-state index in [9.17, 15) is 4.57 Å². The van der Waals surface area contributed by atoms with Crippen molar-refractivity contribution in [3.8, 4) is 0 Å². The third kappa shape index (κ3) is 7.01. The maximum atomic E-state index is 11.6. The second-order valence-corrected chi connectivity index (χ2v) is 4.20. The number of hydrogen-bond donors (Lipinski definition) is 6. The first-order chi connectivity index (χ1) is 7.86. The van der Waals surface area contributed by atoms with Crippen LogP contribution in [0.2, 0.25) is 0 Å². The minimum absolute atomic E-state index is 0.957. The van der Waals surface area contributed by atoms with Crippen molar-refractivity contribution in [2.24, 2.45) is 0 Å². The number of hydrogen-bond acceptors (Lipinski definition) is 10. The van der Waals surface area contributed by atoms with Crippen LogP contribution in [0.15, 0.2) is 0 Å². The number of aliphatic hydroxyl groups is 6. The van der Waals surface area contributed by atoms with Gasteiger partial charge in [0, 0.05) is 0 Å². The number of rotatable bonds is 9. The highest BCUT2D eigenvalue weighted by Gasteiger charge is 2.35. The molecule has 0 aliphatic heterocycles. The smallest absolute Gasteiger partial charge is 0.391 e. The van der Waals surface area contributed by atoms with E-state index in [0.29, 0.717) is 0 Å². The van der Waals surface area contributed by atoms with Gasteiger partial charge in [0.05, 0.1) is 19.8 Å². The highest BCUT2D eigenvalue weighted by atomic mass is 31.2. The van der Waals surface area contributed by atoms with E-state index in [2.05, 4.69) is 13.6 Å². The zero-order valence-electron chi connectivity index (χ0n) is 8.62. The lowest BCUT2D eigenvalue weighted by molar-refractivity contribution is -0.143. The topological polar surface area (TPSA) is 166 Å². The largest absolute Gasteiger partial charge is 0.482 e. The van der Waals surface area contributed by atoms with Gasteiger partial charge < -0.3 is 30.6 Å². The van der Waals surface area contributed by atoms with E-state index in [4.69, 9.17) is 30.6 Å². The average Bonchev–Trinajstić information content (AvgIpc) is 2.27. The molecular formula is C6H15O10P. The summed E-state index contributed by atoms with van der Waals surface area (Å²) in [7, 11) is -4.67. The Hall–Kier alpha value is -0.130. The maximum absolute atomic E-state index is 11.6. The van der Waals surface area contributed by atoms with Gasteiger partial charge in [0.15, 0.2) is 18.9 Å². The molecule has 3 atom stereocenters. The van der Waals surface area contributed by atoms with E-state index in [0.717, 1.165) is 0 Å². The van der Waals surface area contributed by atoms with Crippen molar-refractivity contribution in [3.05, 3.63) is 0 Å². The van der Waals surface area contributed by atoms with Crippen molar-refractivity contribution in [2.75, 3.05) is 19.8 Å². The third-order valence-electron chi connectivity index (χ3n) is 1.22. The molecule has 0 bridgehead atoms. The molecule has 6 N–H and O–H groups in total. The molecule has 0 heterocycles. The molecule has 0 rings (SSSR count). The van der Waals surface area contributed by atoms with Gasteiger partial charge >= 0.3 is 7.82 Å². The zero-order chi connectivity index (χ0) is 13.5. The Kier molecular flexibility index (Phi) is 8.00. The Bertz CT molecular complexity index is 209. The van der Waals surface area contributed by atoms with Crippen molar-refractivity contribution in [1.82, 2.24) is 0 Å². The predicted octanol–water partition coefficient (Wildman–Crippen LogP) is -2.92. The van der Waals surface area contributed by atoms with Crippen LogP contribution in [-0.4, -0.2) is 69.3 Å². The standard InChI is InChI=1S/C6H15O10P/c7-1-4(10)14-17(13,15-5(11)2-8)16-6(12)3-9/h4-12H,1-3H2. The molecule has 0 aliphatic rings. The van der Waals surface area contributed by atoms with Crippen molar-refractivity contribution in [1.29, 1.82) is 0 Å². The highest BCUT2D eigenvalue weighted by Crippen LogP contribution is 2.51. The van der Waals surface area contributed by atoms with Gasteiger partial charge in [0.1, 0.15) is 0 Å². The van der Waals surface area contributed by atoms with Gasteiger partial charge in [-0.1, -0.05) is 0 Å². The molecule has 11 heteroatoms. The van der Waals surface area contributed by atoms with Gasteiger partial charge in [0.2, 0.25) is 0 Å². The first-order valence-electron chi connectivity index (χ1n) is 4.39. The first-order valence-corrected chi connectivity index (χ1v) is 5.85. The molecule has 0 aromatic rings. The van der Waals surface area contributed by atoms with Crippen LogP contribution in [0.25, 0.3) is 0 Å². The fraction of sp³-hybridized carbons (Fsp3) is 1.00. The Morgan fingerprint density at radius 1 is 0.765 bits per heavy atom. The van der Waals surface area contributed by atoms with Gasteiger partial charge in [-0.3, -0.25) is 13.6 Å². The number of aliphatic hydroxyl groups excluding tert-OH is 6. The van der Waals surface area contributed by atoms with E-state index < -0.39 is 46.5 Å². The molecule has 17 heavy (non-hydrogen) atoms. The Balaban J connectivity index is 4.62. The minimum atomic E-state index is -4.67. The van der Waals surface area contributed by atoms with Crippen LogP contribution in [0, 0.1) is 0 Å². The molecule has 3 unspecified atom stereocenters. The summed E-state index contributed by atoms with van der Waals surface area (Å²) in [4.78, 5) is 0. The lowest BCUT2D eigenvalue weighted by Gasteiger charge is -2.23. The molecule has 10 nitrogen and oxygen atoms in total. The SMILES string of the molecule is O=P(OC(O)CO)(OC(O)CO)OC(O)CO. The van der Waals surface area contributed by atoms with Crippen LogP contribution in [0.4, 0.5) is 0 Å². The summed E-state index contributed by atoms with van der Waals surface area (Å²) in [5, 5.41) is 52.0. The van der Waals surface area contributed by atoms with Crippen LogP contribution in [0.3, 0.4) is 0 Å². The van der Waals surface area contributed by atoms with Gasteiger partial charge in [-0.05, 0) is 0 Å². The monoisotopic (exact) mass is 278 g/mol. The van der Waals surface area contributed by atoms with E-state index in [-0.39, 0.29) is 0 Å². The van der Waals surface area contributed by atoms with E-state index in [1.165, 1.54) is 0 Å². The van der Waals surface area contributed by atoms with Crippen molar-refractivity contribution >= 4 is 7.82 Å². The second kappa shape index (κ2) is 8.06. The Morgan fingerprint density at radius 3 is 1.18 bits per heavy atom. The molecule has 0 aromatic heterocycles. The Morgan fingerprint density at radius 2 is 1.00 bits per heavy atom. The zero-order valence-corrected chi connectivity index (χ0v) is 9.51. The van der Waals surface area contributed by atoms with Crippen molar-refractivity contribution in [3.63, 3.8) is 0 Å². The molecule has 0 saturated heterocycles. The van der Waals surface area contributed by atoms with Gasteiger partial charge in [-0.2, -0.15) is 0 Å². The molecule has 0 spiro atoms. The van der Waals surface area contributed by atoms with Crippen molar-refractivity contribution in [2.45, 2.75) is 18.9 Å². The van der Waals surface area contributed by atoms with Crippen LogP contribution in [-0.2, 0) is 18.1 Å². The number of phosphoric ester groups is 1. The maximum Gasteiger partial charge on any atom is 0.482 e. The van der Waals surface area contributed by atoms with E-state index >= 15 is 0 Å². The summed E-state index contributed by atoms with van der Waals surface area (Å²) in [6, 6.07) is 0. The summed E-state index contributed by atoms with van der Waals surface area (Å²) in [5.41, 5.74) is 0. The fourth-order valence-electron chi connectivity index (χ4n) is 0.622. The van der Waals surface area contributed by atoms with Crippen LogP contribution in [0.1, 0.15) is 0 Å². The summed E-state index contributed by atoms with van der Waals surface area (Å²) in [6.45, 7) is -2.87. The lowest BCUT2D eigenvalue weighted by Crippen LogP contribution is -2.25.